The molecule has 9 heteroatoms. The third-order valence-electron chi connectivity index (χ3n) is 8.20. The number of rotatable bonds is 7. The topological polar surface area (TPSA) is 110 Å². The number of amides is 2. The number of carbonyl (C=O) groups is 2. The molecule has 2 aliphatic heterocycles. The average molecular weight is 520 g/mol. The number of benzene rings is 1. The molecular formula is C29H37N5O4. The number of hydrogen-bond donors (Lipinski definition) is 1. The summed E-state index contributed by atoms with van der Waals surface area (Å²) in [5.41, 5.74) is 9.17. The first-order chi connectivity index (χ1) is 18.5. The molecule has 1 aromatic heterocycles. The normalized spacial score (nSPS) is 22.9. The number of aromatic nitrogens is 1. The molecule has 0 unspecified atom stereocenters. The molecule has 1 saturated carbocycles. The van der Waals surface area contributed by atoms with Gasteiger partial charge in [-0.25, -0.2) is 5.01 Å². The van der Waals surface area contributed by atoms with Gasteiger partial charge in [0.05, 0.1) is 32.0 Å². The Bertz CT molecular complexity index is 1180. The zero-order valence-corrected chi connectivity index (χ0v) is 22.2. The van der Waals surface area contributed by atoms with E-state index in [0.717, 1.165) is 42.5 Å². The van der Waals surface area contributed by atoms with Gasteiger partial charge in [-0.15, -0.1) is 0 Å². The zero-order valence-electron chi connectivity index (χ0n) is 22.2. The van der Waals surface area contributed by atoms with Crippen molar-refractivity contribution in [3.8, 4) is 11.5 Å². The lowest BCUT2D eigenvalue weighted by Crippen LogP contribution is -2.54. The predicted octanol–water partition coefficient (Wildman–Crippen LogP) is 3.01. The lowest BCUT2D eigenvalue weighted by atomic mass is 9.73. The average Bonchev–Trinajstić information content (AvgIpc) is 2.97. The number of piperidine rings is 1. The second kappa shape index (κ2) is 11.5. The van der Waals surface area contributed by atoms with E-state index in [1.165, 1.54) is 0 Å². The van der Waals surface area contributed by atoms with Crippen LogP contribution < -0.4 is 15.2 Å². The molecule has 5 rings (SSSR count). The molecule has 1 aromatic carbocycles. The summed E-state index contributed by atoms with van der Waals surface area (Å²) in [6.45, 7) is 1.12. The Morgan fingerprint density at radius 2 is 1.68 bits per heavy atom. The van der Waals surface area contributed by atoms with Crippen molar-refractivity contribution in [3.05, 3.63) is 53.9 Å². The maximum atomic E-state index is 13.7. The maximum Gasteiger partial charge on any atom is 0.246 e. The molecule has 2 N–H and O–H groups in total. The summed E-state index contributed by atoms with van der Waals surface area (Å²) < 4.78 is 11.0. The second-order valence-electron chi connectivity index (χ2n) is 10.5. The van der Waals surface area contributed by atoms with Crippen molar-refractivity contribution in [2.75, 3.05) is 27.3 Å². The highest BCUT2D eigenvalue weighted by Crippen LogP contribution is 2.40. The number of fused-ring (bicyclic) bond motifs is 1. The Morgan fingerprint density at radius 1 is 1.00 bits per heavy atom. The van der Waals surface area contributed by atoms with Crippen molar-refractivity contribution < 1.29 is 19.1 Å². The van der Waals surface area contributed by atoms with Crippen LogP contribution in [0.15, 0.2) is 47.8 Å². The van der Waals surface area contributed by atoms with E-state index in [-0.39, 0.29) is 29.7 Å². The van der Waals surface area contributed by atoms with Crippen molar-refractivity contribution in [2.45, 2.75) is 57.0 Å². The minimum atomic E-state index is -0.594. The van der Waals surface area contributed by atoms with Crippen LogP contribution in [0.4, 0.5) is 0 Å². The fraction of sp³-hybridized carbons (Fsp3) is 0.517. The third-order valence-corrected chi connectivity index (χ3v) is 8.20. The molecule has 2 aromatic rings. The number of nitrogens with two attached hydrogens (primary N) is 1. The van der Waals surface area contributed by atoms with E-state index in [1.54, 1.807) is 31.6 Å². The molecule has 3 heterocycles. The minimum Gasteiger partial charge on any atom is -0.493 e. The molecule has 0 radical (unpaired) electrons. The van der Waals surface area contributed by atoms with Crippen molar-refractivity contribution in [3.63, 3.8) is 0 Å². The highest BCUT2D eigenvalue weighted by Gasteiger charge is 2.44. The van der Waals surface area contributed by atoms with E-state index in [4.69, 9.17) is 20.3 Å². The summed E-state index contributed by atoms with van der Waals surface area (Å²) in [6, 6.07) is 8.99. The van der Waals surface area contributed by atoms with Gasteiger partial charge in [-0.2, -0.15) is 5.10 Å². The van der Waals surface area contributed by atoms with Gasteiger partial charge in [0.15, 0.2) is 11.5 Å². The molecule has 1 aliphatic carbocycles. The van der Waals surface area contributed by atoms with Crippen LogP contribution in [0.5, 0.6) is 11.5 Å². The molecule has 0 bridgehead atoms. The Kier molecular flexibility index (Phi) is 7.93. The van der Waals surface area contributed by atoms with Gasteiger partial charge in [0.2, 0.25) is 11.8 Å². The van der Waals surface area contributed by atoms with Crippen LogP contribution in [0.1, 0.15) is 49.7 Å². The third kappa shape index (κ3) is 5.25. The van der Waals surface area contributed by atoms with Crippen LogP contribution in [0, 0.1) is 11.8 Å². The van der Waals surface area contributed by atoms with Crippen molar-refractivity contribution >= 4 is 17.5 Å². The van der Waals surface area contributed by atoms with Gasteiger partial charge in [0.1, 0.15) is 0 Å². The molecule has 0 spiro atoms. The van der Waals surface area contributed by atoms with Gasteiger partial charge in [-0.3, -0.25) is 14.6 Å². The molecule has 9 nitrogen and oxygen atoms in total. The van der Waals surface area contributed by atoms with E-state index in [9.17, 15) is 9.59 Å². The summed E-state index contributed by atoms with van der Waals surface area (Å²) in [4.78, 5) is 32.6. The van der Waals surface area contributed by atoms with Crippen LogP contribution in [0.25, 0.3) is 0 Å². The number of ether oxygens (including phenoxy) is 2. The highest BCUT2D eigenvalue weighted by molar-refractivity contribution is 6.07. The van der Waals surface area contributed by atoms with E-state index in [2.05, 4.69) is 4.98 Å². The molecule has 202 valence electrons. The molecule has 2 amide bonds. The summed E-state index contributed by atoms with van der Waals surface area (Å²) in [6.07, 6.45) is 9.26. The number of methoxy groups -OCH3 is 2. The number of pyridine rings is 1. The lowest BCUT2D eigenvalue weighted by molar-refractivity contribution is -0.143. The van der Waals surface area contributed by atoms with E-state index < -0.39 is 6.04 Å². The van der Waals surface area contributed by atoms with Crippen LogP contribution >= 0.6 is 0 Å². The first kappa shape index (κ1) is 26.2. The second-order valence-corrected chi connectivity index (χ2v) is 10.5. The molecule has 3 atom stereocenters. The van der Waals surface area contributed by atoms with Gasteiger partial charge < -0.3 is 20.1 Å². The Morgan fingerprint density at radius 3 is 2.37 bits per heavy atom. The quantitative estimate of drug-likeness (QED) is 0.602. The molecule has 3 aliphatic rings. The van der Waals surface area contributed by atoms with Gasteiger partial charge in [-0.05, 0) is 68.0 Å². The Balaban J connectivity index is 1.32. The molecular weight excluding hydrogens is 482 g/mol. The molecule has 2 fully saturated rings. The largest absolute Gasteiger partial charge is 0.493 e. The fourth-order valence-electron chi connectivity index (χ4n) is 6.12. The molecule has 38 heavy (non-hydrogen) atoms. The van der Waals surface area contributed by atoms with Crippen LogP contribution in [-0.4, -0.2) is 71.8 Å². The maximum absolute atomic E-state index is 13.7. The smallest absolute Gasteiger partial charge is 0.246 e. The Hall–Kier alpha value is -3.46. The van der Waals surface area contributed by atoms with Crippen molar-refractivity contribution in [2.24, 2.45) is 22.7 Å². The number of hydrazone groups is 1. The number of nitrogens with zero attached hydrogens (tertiary/aromatic N) is 4. The standard InChI is InChI=1S/C29H37N5O4/c1-37-25-8-7-20(18-26(25)38-2)27-22-5-3-4-6-23(22)28(35)34(32-27)21-11-15-33(16-12-21)29(36)24(30)17-19-9-13-31-14-10-19/h7-10,13-14,18,21-24H,3-6,11-12,15-17,30H2,1-2H3/t22-,23+,24+/m0/s1. The number of likely N-dealkylation sites (tertiary alicyclic amines) is 1. The highest BCUT2D eigenvalue weighted by atomic mass is 16.5. The zero-order chi connectivity index (χ0) is 26.6. The van der Waals surface area contributed by atoms with Gasteiger partial charge in [0.25, 0.3) is 0 Å². The van der Waals surface area contributed by atoms with Crippen molar-refractivity contribution in [1.29, 1.82) is 0 Å². The first-order valence-electron chi connectivity index (χ1n) is 13.6. The minimum absolute atomic E-state index is 0.0407. The number of carbonyl (C=O) groups excluding carboxylic acids is 2. The van der Waals surface area contributed by atoms with Gasteiger partial charge in [0, 0.05) is 42.9 Å². The van der Waals surface area contributed by atoms with Gasteiger partial charge >= 0.3 is 0 Å². The van der Waals surface area contributed by atoms with E-state index in [0.29, 0.717) is 43.9 Å². The SMILES string of the molecule is COc1ccc(C2=NN(C3CCN(C(=O)[C@H](N)Cc4ccncc4)CC3)C(=O)[C@@H]3CCCC[C@H]23)cc1OC. The monoisotopic (exact) mass is 519 g/mol. The van der Waals surface area contributed by atoms with Crippen molar-refractivity contribution in [1.82, 2.24) is 14.9 Å². The summed E-state index contributed by atoms with van der Waals surface area (Å²) in [5, 5.41) is 6.74. The van der Waals surface area contributed by atoms with Crippen LogP contribution in [0.3, 0.4) is 0 Å². The van der Waals surface area contributed by atoms with Gasteiger partial charge in [-0.1, -0.05) is 12.8 Å². The van der Waals surface area contributed by atoms with E-state index >= 15 is 0 Å². The van der Waals surface area contributed by atoms with Crippen LogP contribution in [0.2, 0.25) is 0 Å². The lowest BCUT2D eigenvalue weighted by Gasteiger charge is -2.43. The number of hydrogen-bond acceptors (Lipinski definition) is 7. The summed E-state index contributed by atoms with van der Waals surface area (Å²) >= 11 is 0. The van der Waals surface area contributed by atoms with E-state index in [1.807, 2.05) is 35.2 Å². The Labute approximate surface area is 224 Å². The molecule has 1 saturated heterocycles. The summed E-state index contributed by atoms with van der Waals surface area (Å²) in [5.74, 6) is 1.44. The summed E-state index contributed by atoms with van der Waals surface area (Å²) in [7, 11) is 3.25. The van der Waals surface area contributed by atoms with Crippen LogP contribution in [-0.2, 0) is 16.0 Å². The first-order valence-corrected chi connectivity index (χ1v) is 13.6. The predicted molar refractivity (Wildman–Crippen MR) is 144 cm³/mol. The fourth-order valence-corrected chi connectivity index (χ4v) is 6.12.